The molecule has 1 aliphatic carbocycles. The molecule has 0 fully saturated rings. The maximum Gasteiger partial charge on any atom is 0.143 e. The fraction of sp³-hybridized carbons (Fsp3) is 0.0400. The van der Waals surface area contributed by atoms with Crippen LogP contribution < -0.4 is 4.90 Å². The van der Waals surface area contributed by atoms with Gasteiger partial charge in [0.1, 0.15) is 22.3 Å². The van der Waals surface area contributed by atoms with Crippen LogP contribution in [-0.2, 0) is 5.41 Å². The van der Waals surface area contributed by atoms with Gasteiger partial charge in [-0.15, -0.1) is 0 Å². The highest BCUT2D eigenvalue weighted by Crippen LogP contribution is 2.54. The molecule has 0 amide bonds. The van der Waals surface area contributed by atoms with E-state index in [-0.39, 0.29) is 5.41 Å². The van der Waals surface area contributed by atoms with Gasteiger partial charge in [-0.3, -0.25) is 0 Å². The van der Waals surface area contributed by atoms with E-state index < -0.39 is 0 Å². The Bertz CT molecular complexity index is 2980. The molecular formula is C50H33NO2. The maximum absolute atomic E-state index is 6.82. The summed E-state index contributed by atoms with van der Waals surface area (Å²) in [7, 11) is 0. The highest BCUT2D eigenvalue weighted by Gasteiger charge is 2.42. The quantitative estimate of drug-likeness (QED) is 0.181. The van der Waals surface area contributed by atoms with Gasteiger partial charge in [-0.1, -0.05) is 127 Å². The molecule has 1 aliphatic rings. The number of fused-ring (bicyclic) bond motifs is 9. The molecule has 10 aromatic rings. The van der Waals surface area contributed by atoms with Crippen LogP contribution in [0.2, 0.25) is 0 Å². The molecule has 0 N–H and O–H groups in total. The molecule has 2 aromatic heterocycles. The van der Waals surface area contributed by atoms with E-state index in [2.05, 4.69) is 182 Å². The first-order valence-electron chi connectivity index (χ1n) is 18.2. The number of nitrogens with zero attached hydrogens (tertiary/aromatic N) is 1. The van der Waals surface area contributed by atoms with E-state index in [1.54, 1.807) is 0 Å². The number of anilines is 3. The molecule has 3 nitrogen and oxygen atoms in total. The van der Waals surface area contributed by atoms with E-state index in [4.69, 9.17) is 8.83 Å². The first-order valence-corrected chi connectivity index (χ1v) is 18.2. The minimum Gasteiger partial charge on any atom is -0.456 e. The maximum atomic E-state index is 6.82. The van der Waals surface area contributed by atoms with Crippen molar-refractivity contribution in [3.63, 3.8) is 0 Å². The molecule has 53 heavy (non-hydrogen) atoms. The largest absolute Gasteiger partial charge is 0.456 e. The standard InChI is InChI=1S/C50H33NO2/c1-50(42-20-8-5-15-37(42)38-16-6-9-21-43(38)50)44-22-12-24-47-48(44)40-19-11-18-36(49(40)53-47)32-25-27-34(28-26-32)51(33-13-3-2-4-14-33)35-29-30-46-41(31-35)39-17-7-10-23-45(39)52-46/h2-31H,1H3. The monoisotopic (exact) mass is 679 g/mol. The molecule has 2 heterocycles. The van der Waals surface area contributed by atoms with Crippen LogP contribution in [0.1, 0.15) is 23.6 Å². The zero-order valence-corrected chi connectivity index (χ0v) is 29.1. The SMILES string of the molecule is CC1(c2cccc3oc4c(-c5ccc(N(c6ccccc6)c6ccc7oc8ccccc8c7c6)cc5)cccc4c23)c2ccccc2-c2ccccc21. The lowest BCUT2D eigenvalue weighted by molar-refractivity contribution is 0.667. The summed E-state index contributed by atoms with van der Waals surface area (Å²) in [4.78, 5) is 2.30. The van der Waals surface area contributed by atoms with Gasteiger partial charge in [-0.25, -0.2) is 0 Å². The summed E-state index contributed by atoms with van der Waals surface area (Å²) in [6.07, 6.45) is 0. The molecule has 0 bridgehead atoms. The molecule has 0 spiro atoms. The first kappa shape index (κ1) is 29.8. The van der Waals surface area contributed by atoms with Gasteiger partial charge in [0.15, 0.2) is 0 Å². The third-order valence-electron chi connectivity index (χ3n) is 11.4. The summed E-state index contributed by atoms with van der Waals surface area (Å²) in [5, 5.41) is 4.52. The summed E-state index contributed by atoms with van der Waals surface area (Å²) in [6.45, 7) is 2.37. The molecule has 0 atom stereocenters. The lowest BCUT2D eigenvalue weighted by Crippen LogP contribution is -2.22. The molecule has 0 radical (unpaired) electrons. The Hall–Kier alpha value is -6.84. The molecule has 250 valence electrons. The molecule has 3 heteroatoms. The predicted octanol–water partition coefficient (Wildman–Crippen LogP) is 14.0. The van der Waals surface area contributed by atoms with E-state index in [9.17, 15) is 0 Å². The highest BCUT2D eigenvalue weighted by atomic mass is 16.3. The van der Waals surface area contributed by atoms with Crippen molar-refractivity contribution in [2.75, 3.05) is 4.90 Å². The summed E-state index contributed by atoms with van der Waals surface area (Å²) >= 11 is 0. The van der Waals surface area contributed by atoms with E-state index in [1.807, 2.05) is 12.1 Å². The van der Waals surface area contributed by atoms with Crippen LogP contribution in [0.4, 0.5) is 17.1 Å². The van der Waals surface area contributed by atoms with Crippen LogP contribution in [0.3, 0.4) is 0 Å². The highest BCUT2D eigenvalue weighted by molar-refractivity contribution is 6.12. The second-order valence-corrected chi connectivity index (χ2v) is 14.2. The lowest BCUT2D eigenvalue weighted by Gasteiger charge is -2.29. The number of hydrogen-bond donors (Lipinski definition) is 0. The van der Waals surface area contributed by atoms with Gasteiger partial charge >= 0.3 is 0 Å². The average Bonchev–Trinajstić information content (AvgIpc) is 3.87. The predicted molar refractivity (Wildman–Crippen MR) is 219 cm³/mol. The zero-order chi connectivity index (χ0) is 35.1. The number of para-hydroxylation sites is 3. The number of rotatable bonds is 5. The van der Waals surface area contributed by atoms with Crippen molar-refractivity contribution >= 4 is 60.9 Å². The molecular weight excluding hydrogens is 647 g/mol. The van der Waals surface area contributed by atoms with Gasteiger partial charge < -0.3 is 13.7 Å². The fourth-order valence-electron chi connectivity index (χ4n) is 8.90. The van der Waals surface area contributed by atoms with Crippen molar-refractivity contribution in [1.82, 2.24) is 0 Å². The molecule has 0 unspecified atom stereocenters. The van der Waals surface area contributed by atoms with Crippen LogP contribution in [0.5, 0.6) is 0 Å². The summed E-state index contributed by atoms with van der Waals surface area (Å²) in [5.74, 6) is 0. The molecule has 0 saturated carbocycles. The summed E-state index contributed by atoms with van der Waals surface area (Å²) in [5.41, 5.74) is 15.2. The van der Waals surface area contributed by atoms with Gasteiger partial charge in [-0.2, -0.15) is 0 Å². The Balaban J connectivity index is 1.04. The number of furan rings is 2. The molecule has 11 rings (SSSR count). The van der Waals surface area contributed by atoms with Gasteiger partial charge in [0.05, 0.1) is 0 Å². The lowest BCUT2D eigenvalue weighted by atomic mass is 9.73. The zero-order valence-electron chi connectivity index (χ0n) is 29.1. The van der Waals surface area contributed by atoms with Gasteiger partial charge in [0.25, 0.3) is 0 Å². The van der Waals surface area contributed by atoms with E-state index in [0.717, 1.165) is 66.7 Å². The Morgan fingerprint density at radius 3 is 1.75 bits per heavy atom. The van der Waals surface area contributed by atoms with Gasteiger partial charge in [0, 0.05) is 49.6 Å². The first-order chi connectivity index (χ1) is 26.2. The van der Waals surface area contributed by atoms with Crippen molar-refractivity contribution in [2.24, 2.45) is 0 Å². The topological polar surface area (TPSA) is 29.5 Å². The third-order valence-corrected chi connectivity index (χ3v) is 11.4. The van der Waals surface area contributed by atoms with Crippen LogP contribution in [0.25, 0.3) is 66.1 Å². The minimum absolute atomic E-state index is 0.326. The van der Waals surface area contributed by atoms with E-state index in [1.165, 1.54) is 33.2 Å². The van der Waals surface area contributed by atoms with Crippen LogP contribution in [0.15, 0.2) is 191 Å². The van der Waals surface area contributed by atoms with Crippen LogP contribution in [0, 0.1) is 0 Å². The van der Waals surface area contributed by atoms with E-state index >= 15 is 0 Å². The van der Waals surface area contributed by atoms with Gasteiger partial charge in [0.2, 0.25) is 0 Å². The van der Waals surface area contributed by atoms with Crippen LogP contribution in [-0.4, -0.2) is 0 Å². The molecule has 0 aliphatic heterocycles. The minimum atomic E-state index is -0.326. The average molecular weight is 680 g/mol. The van der Waals surface area contributed by atoms with Crippen molar-refractivity contribution < 1.29 is 8.83 Å². The van der Waals surface area contributed by atoms with Crippen molar-refractivity contribution in [3.8, 4) is 22.3 Å². The summed E-state index contributed by atoms with van der Waals surface area (Å²) in [6, 6.07) is 64.9. The van der Waals surface area contributed by atoms with Crippen molar-refractivity contribution in [1.29, 1.82) is 0 Å². The Labute approximate surface area is 307 Å². The smallest absolute Gasteiger partial charge is 0.143 e. The second-order valence-electron chi connectivity index (χ2n) is 14.2. The molecule has 8 aromatic carbocycles. The Morgan fingerprint density at radius 2 is 0.962 bits per heavy atom. The molecule has 0 saturated heterocycles. The van der Waals surface area contributed by atoms with Gasteiger partial charge in [-0.05, 0) is 94.9 Å². The normalized spacial score (nSPS) is 13.2. The third kappa shape index (κ3) is 4.34. The number of benzene rings is 8. The van der Waals surface area contributed by atoms with Crippen molar-refractivity contribution in [2.45, 2.75) is 12.3 Å². The fourth-order valence-corrected chi connectivity index (χ4v) is 8.90. The second kappa shape index (κ2) is 11.3. The van der Waals surface area contributed by atoms with Crippen LogP contribution >= 0.6 is 0 Å². The number of hydrogen-bond acceptors (Lipinski definition) is 3. The van der Waals surface area contributed by atoms with E-state index in [0.29, 0.717) is 0 Å². The van der Waals surface area contributed by atoms with Crippen molar-refractivity contribution in [3.05, 3.63) is 199 Å². The Morgan fingerprint density at radius 1 is 0.396 bits per heavy atom. The Kier molecular flexibility index (Phi) is 6.38. The summed E-state index contributed by atoms with van der Waals surface area (Å²) < 4.78 is 13.0.